The molecule has 1 aromatic heterocycles. The maximum Gasteiger partial charge on any atom is 0.301 e. The van der Waals surface area contributed by atoms with Crippen molar-refractivity contribution < 1.29 is 9.31 Å². The van der Waals surface area contributed by atoms with Crippen molar-refractivity contribution in [1.82, 2.24) is 4.98 Å². The number of nitro groups is 1. The van der Waals surface area contributed by atoms with Crippen LogP contribution in [0.15, 0.2) is 12.4 Å². The highest BCUT2D eigenvalue weighted by Crippen LogP contribution is 2.52. The fourth-order valence-corrected chi connectivity index (χ4v) is 1.38. The first-order chi connectivity index (χ1) is 6.54. The SMILES string of the molecule is Nc1cncc(C2(F)CC2)c1[N+](=O)[O-]. The Kier molecular flexibility index (Phi) is 1.67. The summed E-state index contributed by atoms with van der Waals surface area (Å²) >= 11 is 0. The van der Waals surface area contributed by atoms with Crippen LogP contribution in [0, 0.1) is 10.1 Å². The van der Waals surface area contributed by atoms with E-state index in [0.717, 1.165) is 6.20 Å². The van der Waals surface area contributed by atoms with Crippen LogP contribution in [-0.4, -0.2) is 9.91 Å². The van der Waals surface area contributed by atoms with Crippen LogP contribution in [0.5, 0.6) is 0 Å². The molecule has 1 aliphatic rings. The van der Waals surface area contributed by atoms with Gasteiger partial charge in [0.2, 0.25) is 0 Å². The van der Waals surface area contributed by atoms with Gasteiger partial charge in [-0.25, -0.2) is 4.39 Å². The Morgan fingerprint density at radius 1 is 1.57 bits per heavy atom. The van der Waals surface area contributed by atoms with Crippen molar-refractivity contribution in [3.8, 4) is 0 Å². The highest BCUT2D eigenvalue weighted by Gasteiger charge is 2.49. The van der Waals surface area contributed by atoms with Crippen LogP contribution in [0.3, 0.4) is 0 Å². The molecule has 1 aliphatic carbocycles. The Bertz CT molecular complexity index is 404. The fourth-order valence-electron chi connectivity index (χ4n) is 1.38. The number of anilines is 1. The molecule has 0 aromatic carbocycles. The average molecular weight is 197 g/mol. The summed E-state index contributed by atoms with van der Waals surface area (Å²) < 4.78 is 13.6. The van der Waals surface area contributed by atoms with Gasteiger partial charge in [0.25, 0.3) is 0 Å². The van der Waals surface area contributed by atoms with Gasteiger partial charge in [0, 0.05) is 6.20 Å². The molecule has 0 radical (unpaired) electrons. The van der Waals surface area contributed by atoms with E-state index in [0.29, 0.717) is 12.8 Å². The molecule has 0 atom stereocenters. The van der Waals surface area contributed by atoms with Crippen molar-refractivity contribution >= 4 is 11.4 Å². The number of nitrogens with zero attached hydrogens (tertiary/aromatic N) is 2. The number of nitrogens with two attached hydrogens (primary N) is 1. The maximum absolute atomic E-state index is 13.6. The van der Waals surface area contributed by atoms with Gasteiger partial charge in [-0.3, -0.25) is 15.1 Å². The van der Waals surface area contributed by atoms with Crippen molar-refractivity contribution in [1.29, 1.82) is 0 Å². The lowest BCUT2D eigenvalue weighted by atomic mass is 10.1. The molecule has 2 rings (SSSR count). The lowest BCUT2D eigenvalue weighted by Crippen LogP contribution is -2.07. The second-order valence-electron chi connectivity index (χ2n) is 3.35. The lowest BCUT2D eigenvalue weighted by molar-refractivity contribution is -0.385. The predicted octanol–water partition coefficient (Wildman–Crippen LogP) is 1.53. The van der Waals surface area contributed by atoms with Crippen LogP contribution < -0.4 is 5.73 Å². The molecule has 0 bridgehead atoms. The molecule has 0 aliphatic heterocycles. The Balaban J connectivity index is 2.59. The molecular weight excluding hydrogens is 189 g/mol. The Morgan fingerprint density at radius 3 is 2.71 bits per heavy atom. The van der Waals surface area contributed by atoms with Gasteiger partial charge in [-0.05, 0) is 12.8 Å². The predicted molar refractivity (Wildman–Crippen MR) is 47.3 cm³/mol. The number of hydrogen-bond donors (Lipinski definition) is 1. The zero-order chi connectivity index (χ0) is 10.3. The summed E-state index contributed by atoms with van der Waals surface area (Å²) in [6.45, 7) is 0. The van der Waals surface area contributed by atoms with Gasteiger partial charge in [0.05, 0.1) is 16.7 Å². The van der Waals surface area contributed by atoms with Gasteiger partial charge in [0.1, 0.15) is 11.4 Å². The molecular formula is C8H8FN3O2. The van der Waals surface area contributed by atoms with Gasteiger partial charge in [-0.15, -0.1) is 0 Å². The van der Waals surface area contributed by atoms with Gasteiger partial charge in [0.15, 0.2) is 0 Å². The van der Waals surface area contributed by atoms with Crippen molar-refractivity contribution in [3.05, 3.63) is 28.1 Å². The molecule has 6 heteroatoms. The summed E-state index contributed by atoms with van der Waals surface area (Å²) in [5.74, 6) is 0. The first kappa shape index (κ1) is 8.86. The van der Waals surface area contributed by atoms with Gasteiger partial charge >= 0.3 is 5.69 Å². The van der Waals surface area contributed by atoms with Gasteiger partial charge in [-0.1, -0.05) is 0 Å². The van der Waals surface area contributed by atoms with Crippen molar-refractivity contribution in [3.63, 3.8) is 0 Å². The zero-order valence-electron chi connectivity index (χ0n) is 7.24. The Hall–Kier alpha value is -1.72. The summed E-state index contributed by atoms with van der Waals surface area (Å²) in [6.07, 6.45) is 2.95. The number of pyridine rings is 1. The summed E-state index contributed by atoms with van der Waals surface area (Å²) in [7, 11) is 0. The molecule has 0 saturated heterocycles. The van der Waals surface area contributed by atoms with Gasteiger partial charge in [-0.2, -0.15) is 0 Å². The van der Waals surface area contributed by atoms with E-state index < -0.39 is 10.6 Å². The quantitative estimate of drug-likeness (QED) is 0.575. The first-order valence-electron chi connectivity index (χ1n) is 4.12. The largest absolute Gasteiger partial charge is 0.392 e. The molecule has 0 amide bonds. The summed E-state index contributed by atoms with van der Waals surface area (Å²) in [5.41, 5.74) is 3.37. The van der Waals surface area contributed by atoms with E-state index in [-0.39, 0.29) is 16.9 Å². The summed E-state index contributed by atoms with van der Waals surface area (Å²) in [6, 6.07) is 0. The van der Waals surface area contributed by atoms with E-state index in [1.165, 1.54) is 6.20 Å². The normalized spacial score (nSPS) is 17.8. The van der Waals surface area contributed by atoms with E-state index >= 15 is 0 Å². The third kappa shape index (κ3) is 1.19. The molecule has 0 spiro atoms. The van der Waals surface area contributed by atoms with Crippen LogP contribution in [0.25, 0.3) is 0 Å². The third-order valence-electron chi connectivity index (χ3n) is 2.30. The van der Waals surface area contributed by atoms with Crippen LogP contribution in [0.2, 0.25) is 0 Å². The number of aromatic nitrogens is 1. The first-order valence-corrected chi connectivity index (χ1v) is 4.12. The monoisotopic (exact) mass is 197 g/mol. The zero-order valence-corrected chi connectivity index (χ0v) is 7.24. The van der Waals surface area contributed by atoms with E-state index in [1.807, 2.05) is 0 Å². The average Bonchev–Trinajstić information content (AvgIpc) is 2.84. The minimum Gasteiger partial charge on any atom is -0.392 e. The van der Waals surface area contributed by atoms with Crippen molar-refractivity contribution in [2.75, 3.05) is 5.73 Å². The minimum atomic E-state index is -1.58. The molecule has 1 fully saturated rings. The number of nitrogen functional groups attached to an aromatic ring is 1. The smallest absolute Gasteiger partial charge is 0.301 e. The Labute approximate surface area is 78.9 Å². The topological polar surface area (TPSA) is 82.0 Å². The number of rotatable bonds is 2. The molecule has 1 aromatic rings. The van der Waals surface area contributed by atoms with Crippen LogP contribution in [0.1, 0.15) is 18.4 Å². The van der Waals surface area contributed by atoms with E-state index in [1.54, 1.807) is 0 Å². The van der Waals surface area contributed by atoms with E-state index in [2.05, 4.69) is 4.98 Å². The second kappa shape index (κ2) is 2.63. The maximum atomic E-state index is 13.6. The van der Waals surface area contributed by atoms with Crippen LogP contribution in [0.4, 0.5) is 15.8 Å². The molecule has 1 saturated carbocycles. The number of alkyl halides is 1. The van der Waals surface area contributed by atoms with Crippen molar-refractivity contribution in [2.24, 2.45) is 0 Å². The standard InChI is InChI=1S/C8H8FN3O2/c9-8(1-2-8)5-3-11-4-6(10)7(5)12(13)14/h3-4H,1-2,10H2. The Morgan fingerprint density at radius 2 is 2.21 bits per heavy atom. The summed E-state index contributed by atoms with van der Waals surface area (Å²) in [5, 5.41) is 10.6. The van der Waals surface area contributed by atoms with Crippen molar-refractivity contribution in [2.45, 2.75) is 18.5 Å². The van der Waals surface area contributed by atoms with Crippen LogP contribution in [-0.2, 0) is 5.67 Å². The minimum absolute atomic E-state index is 0.00231. The molecule has 1 heterocycles. The number of hydrogen-bond acceptors (Lipinski definition) is 4. The molecule has 74 valence electrons. The number of halogens is 1. The van der Waals surface area contributed by atoms with Crippen LogP contribution >= 0.6 is 0 Å². The fraction of sp³-hybridized carbons (Fsp3) is 0.375. The molecule has 0 unspecified atom stereocenters. The highest BCUT2D eigenvalue weighted by molar-refractivity contribution is 5.62. The summed E-state index contributed by atoms with van der Waals surface area (Å²) in [4.78, 5) is 13.7. The lowest BCUT2D eigenvalue weighted by Gasteiger charge is -2.06. The third-order valence-corrected chi connectivity index (χ3v) is 2.30. The van der Waals surface area contributed by atoms with Gasteiger partial charge < -0.3 is 5.73 Å². The second-order valence-corrected chi connectivity index (χ2v) is 3.35. The highest BCUT2D eigenvalue weighted by atomic mass is 19.1. The van der Waals surface area contributed by atoms with E-state index in [4.69, 9.17) is 5.73 Å². The van der Waals surface area contributed by atoms with E-state index in [9.17, 15) is 14.5 Å². The molecule has 5 nitrogen and oxygen atoms in total. The molecule has 2 N–H and O–H groups in total. The molecule has 14 heavy (non-hydrogen) atoms.